The van der Waals surface area contributed by atoms with Gasteiger partial charge in [0.15, 0.2) is 0 Å². The number of nitrogens with one attached hydrogen (secondary N) is 1. The van der Waals surface area contributed by atoms with E-state index in [-0.39, 0.29) is 0 Å². The predicted octanol–water partition coefficient (Wildman–Crippen LogP) is 1.56. The third-order valence-electron chi connectivity index (χ3n) is 1.38. The van der Waals surface area contributed by atoms with Crippen LogP contribution >= 0.6 is 11.8 Å². The van der Waals surface area contributed by atoms with Crippen LogP contribution in [-0.4, -0.2) is 28.5 Å². The van der Waals surface area contributed by atoms with Crippen LogP contribution in [0.25, 0.3) is 0 Å². The molecule has 12 heavy (non-hydrogen) atoms. The number of thioether (sulfide) groups is 1. The molecule has 66 valence electrons. The number of rotatable bonds is 4. The summed E-state index contributed by atoms with van der Waals surface area (Å²) in [6.45, 7) is 2.88. The van der Waals surface area contributed by atoms with Gasteiger partial charge in [-0.3, -0.25) is 0 Å². The second-order valence-electron chi connectivity index (χ2n) is 2.44. The number of hydrogen-bond acceptors (Lipinski definition) is 4. The molecule has 0 aromatic carbocycles. The van der Waals surface area contributed by atoms with Crippen molar-refractivity contribution in [1.29, 1.82) is 0 Å². The SMILES string of the molecule is CSCCNc1nccc(C)n1. The maximum absolute atomic E-state index is 4.21. The van der Waals surface area contributed by atoms with Crippen molar-refractivity contribution < 1.29 is 0 Å². The molecular weight excluding hydrogens is 170 g/mol. The molecule has 0 radical (unpaired) electrons. The van der Waals surface area contributed by atoms with Gasteiger partial charge in [0.25, 0.3) is 0 Å². The third kappa shape index (κ3) is 3.09. The molecule has 0 aliphatic carbocycles. The Morgan fingerprint density at radius 2 is 2.42 bits per heavy atom. The molecule has 0 fully saturated rings. The molecule has 0 atom stereocenters. The van der Waals surface area contributed by atoms with Crippen LogP contribution in [0.2, 0.25) is 0 Å². The first-order valence-electron chi connectivity index (χ1n) is 3.85. The minimum atomic E-state index is 0.726. The van der Waals surface area contributed by atoms with E-state index in [1.807, 2.05) is 24.8 Å². The molecule has 0 spiro atoms. The summed E-state index contributed by atoms with van der Waals surface area (Å²) in [6.07, 6.45) is 3.85. The van der Waals surface area contributed by atoms with Crippen LogP contribution in [0.4, 0.5) is 5.95 Å². The summed E-state index contributed by atoms with van der Waals surface area (Å²) in [4.78, 5) is 8.29. The minimum absolute atomic E-state index is 0.726. The first kappa shape index (κ1) is 9.32. The summed E-state index contributed by atoms with van der Waals surface area (Å²) in [6, 6.07) is 1.89. The molecule has 3 nitrogen and oxygen atoms in total. The van der Waals surface area contributed by atoms with Crippen molar-refractivity contribution in [2.75, 3.05) is 23.9 Å². The molecule has 0 unspecified atom stereocenters. The zero-order valence-electron chi connectivity index (χ0n) is 7.37. The van der Waals surface area contributed by atoms with Crippen LogP contribution in [-0.2, 0) is 0 Å². The Kier molecular flexibility index (Phi) is 3.87. The van der Waals surface area contributed by atoms with Gasteiger partial charge in [-0.2, -0.15) is 11.8 Å². The lowest BCUT2D eigenvalue weighted by Gasteiger charge is -2.02. The van der Waals surface area contributed by atoms with Crippen molar-refractivity contribution in [2.45, 2.75) is 6.92 Å². The molecular formula is C8H13N3S. The fourth-order valence-electron chi connectivity index (χ4n) is 0.799. The van der Waals surface area contributed by atoms with Crippen LogP contribution in [0.3, 0.4) is 0 Å². The van der Waals surface area contributed by atoms with Crippen molar-refractivity contribution in [3.63, 3.8) is 0 Å². The summed E-state index contributed by atoms with van der Waals surface area (Å²) in [7, 11) is 0. The Labute approximate surface area is 77.0 Å². The standard InChI is InChI=1S/C8H13N3S/c1-7-3-4-9-8(11-7)10-5-6-12-2/h3-4H,5-6H2,1-2H3,(H,9,10,11). The van der Waals surface area contributed by atoms with Gasteiger partial charge in [-0.05, 0) is 19.2 Å². The van der Waals surface area contributed by atoms with E-state index in [1.165, 1.54) is 0 Å². The van der Waals surface area contributed by atoms with Crippen LogP contribution in [0.15, 0.2) is 12.3 Å². The van der Waals surface area contributed by atoms with Crippen LogP contribution in [0, 0.1) is 6.92 Å². The molecule has 0 aliphatic rings. The van der Waals surface area contributed by atoms with E-state index in [1.54, 1.807) is 6.20 Å². The molecule has 0 saturated carbocycles. The average Bonchev–Trinajstić information content (AvgIpc) is 2.05. The highest BCUT2D eigenvalue weighted by atomic mass is 32.2. The lowest BCUT2D eigenvalue weighted by Crippen LogP contribution is -2.07. The fraction of sp³-hybridized carbons (Fsp3) is 0.500. The first-order chi connectivity index (χ1) is 5.83. The Hall–Kier alpha value is -0.770. The van der Waals surface area contributed by atoms with Gasteiger partial charge in [0.1, 0.15) is 0 Å². The zero-order valence-corrected chi connectivity index (χ0v) is 8.19. The quantitative estimate of drug-likeness (QED) is 0.719. The van der Waals surface area contributed by atoms with E-state index in [0.717, 1.165) is 23.9 Å². The summed E-state index contributed by atoms with van der Waals surface area (Å²) in [5.41, 5.74) is 0.997. The predicted molar refractivity (Wildman–Crippen MR) is 53.6 cm³/mol. The van der Waals surface area contributed by atoms with Crippen LogP contribution in [0.1, 0.15) is 5.69 Å². The third-order valence-corrected chi connectivity index (χ3v) is 2.00. The largest absolute Gasteiger partial charge is 0.353 e. The topological polar surface area (TPSA) is 37.8 Å². The number of nitrogens with zero attached hydrogens (tertiary/aromatic N) is 2. The van der Waals surface area contributed by atoms with E-state index in [9.17, 15) is 0 Å². The molecule has 1 heterocycles. The van der Waals surface area contributed by atoms with E-state index >= 15 is 0 Å². The minimum Gasteiger partial charge on any atom is -0.353 e. The summed E-state index contributed by atoms with van der Waals surface area (Å²) in [5.74, 6) is 1.81. The van der Waals surface area contributed by atoms with Gasteiger partial charge in [-0.15, -0.1) is 0 Å². The summed E-state index contributed by atoms with van der Waals surface area (Å²) in [5, 5.41) is 3.14. The molecule has 0 saturated heterocycles. The van der Waals surface area contributed by atoms with Gasteiger partial charge in [-0.25, -0.2) is 9.97 Å². The molecule has 0 amide bonds. The van der Waals surface area contributed by atoms with Crippen molar-refractivity contribution in [3.8, 4) is 0 Å². The molecule has 1 rings (SSSR count). The Morgan fingerprint density at radius 3 is 3.08 bits per heavy atom. The van der Waals surface area contributed by atoms with Gasteiger partial charge in [-0.1, -0.05) is 0 Å². The lowest BCUT2D eigenvalue weighted by atomic mass is 10.5. The normalized spacial score (nSPS) is 9.83. The van der Waals surface area contributed by atoms with Gasteiger partial charge in [0, 0.05) is 24.2 Å². The zero-order chi connectivity index (χ0) is 8.81. The summed E-state index contributed by atoms with van der Waals surface area (Å²) >= 11 is 1.81. The molecule has 4 heteroatoms. The van der Waals surface area contributed by atoms with Gasteiger partial charge >= 0.3 is 0 Å². The van der Waals surface area contributed by atoms with Gasteiger partial charge in [0.2, 0.25) is 5.95 Å². The number of aryl methyl sites for hydroxylation is 1. The van der Waals surface area contributed by atoms with Crippen molar-refractivity contribution in [1.82, 2.24) is 9.97 Å². The van der Waals surface area contributed by atoms with Crippen molar-refractivity contribution in [2.24, 2.45) is 0 Å². The second kappa shape index (κ2) is 4.98. The average molecular weight is 183 g/mol. The molecule has 1 aromatic heterocycles. The maximum atomic E-state index is 4.21. The highest BCUT2D eigenvalue weighted by Crippen LogP contribution is 1.99. The van der Waals surface area contributed by atoms with Gasteiger partial charge < -0.3 is 5.32 Å². The number of aromatic nitrogens is 2. The Balaban J connectivity index is 2.41. The smallest absolute Gasteiger partial charge is 0.222 e. The van der Waals surface area contributed by atoms with E-state index in [2.05, 4.69) is 21.5 Å². The maximum Gasteiger partial charge on any atom is 0.222 e. The van der Waals surface area contributed by atoms with Crippen molar-refractivity contribution >= 4 is 17.7 Å². The molecule has 1 N–H and O–H groups in total. The molecule has 1 aromatic rings. The number of hydrogen-bond donors (Lipinski definition) is 1. The van der Waals surface area contributed by atoms with E-state index in [0.29, 0.717) is 0 Å². The monoisotopic (exact) mass is 183 g/mol. The molecule has 0 bridgehead atoms. The molecule has 0 aliphatic heterocycles. The van der Waals surface area contributed by atoms with Gasteiger partial charge in [0.05, 0.1) is 0 Å². The fourth-order valence-corrected chi connectivity index (χ4v) is 1.11. The Morgan fingerprint density at radius 1 is 1.58 bits per heavy atom. The van der Waals surface area contributed by atoms with E-state index < -0.39 is 0 Å². The lowest BCUT2D eigenvalue weighted by molar-refractivity contribution is 1.06. The highest BCUT2D eigenvalue weighted by molar-refractivity contribution is 7.98. The Bertz CT molecular complexity index is 239. The first-order valence-corrected chi connectivity index (χ1v) is 5.25. The van der Waals surface area contributed by atoms with Crippen molar-refractivity contribution in [3.05, 3.63) is 18.0 Å². The highest BCUT2D eigenvalue weighted by Gasteiger charge is 1.93. The summed E-state index contributed by atoms with van der Waals surface area (Å²) < 4.78 is 0. The second-order valence-corrected chi connectivity index (χ2v) is 3.43. The van der Waals surface area contributed by atoms with Crippen LogP contribution < -0.4 is 5.32 Å². The van der Waals surface area contributed by atoms with E-state index in [4.69, 9.17) is 0 Å². The van der Waals surface area contributed by atoms with Crippen LogP contribution in [0.5, 0.6) is 0 Å². The number of anilines is 1.